The quantitative estimate of drug-likeness (QED) is 0.183. The van der Waals surface area contributed by atoms with E-state index in [0.717, 1.165) is 50.7 Å². The van der Waals surface area contributed by atoms with Crippen molar-refractivity contribution in [2.75, 3.05) is 0 Å². The summed E-state index contributed by atoms with van der Waals surface area (Å²) in [6.45, 7) is 10.8. The third-order valence-corrected chi connectivity index (χ3v) is 7.22. The lowest BCUT2D eigenvalue weighted by molar-refractivity contribution is -0.102. The SMILES string of the molecule is CCCCCCCCC(CCCCCCc1cc(F)c(F)c(F)c1)C(O)(C(C)C)C(C)C. The molecule has 1 aromatic rings. The van der Waals surface area contributed by atoms with Crippen molar-refractivity contribution < 1.29 is 18.3 Å². The van der Waals surface area contributed by atoms with Crippen molar-refractivity contribution in [3.05, 3.63) is 35.1 Å². The fourth-order valence-corrected chi connectivity index (χ4v) is 5.21. The Morgan fingerprint density at radius 3 is 1.62 bits per heavy atom. The van der Waals surface area contributed by atoms with E-state index in [0.29, 0.717) is 17.9 Å². The summed E-state index contributed by atoms with van der Waals surface area (Å²) in [7, 11) is 0. The van der Waals surface area contributed by atoms with Gasteiger partial charge in [0.15, 0.2) is 17.5 Å². The van der Waals surface area contributed by atoms with E-state index in [1.54, 1.807) is 0 Å². The Morgan fingerprint density at radius 1 is 0.719 bits per heavy atom. The highest BCUT2D eigenvalue weighted by atomic mass is 19.2. The summed E-state index contributed by atoms with van der Waals surface area (Å²) in [5.74, 6) is -2.88. The molecule has 0 spiro atoms. The number of aryl methyl sites for hydroxylation is 1. The Kier molecular flexibility index (Phi) is 13.6. The van der Waals surface area contributed by atoms with Crippen molar-refractivity contribution in [1.82, 2.24) is 0 Å². The zero-order valence-corrected chi connectivity index (χ0v) is 21.2. The number of hydrogen-bond donors (Lipinski definition) is 1. The maximum absolute atomic E-state index is 13.4. The van der Waals surface area contributed by atoms with Crippen LogP contribution in [0.3, 0.4) is 0 Å². The molecule has 0 radical (unpaired) electrons. The van der Waals surface area contributed by atoms with E-state index in [1.807, 2.05) is 0 Å². The van der Waals surface area contributed by atoms with Crippen molar-refractivity contribution in [1.29, 1.82) is 0 Å². The zero-order valence-electron chi connectivity index (χ0n) is 21.2. The first kappa shape index (κ1) is 29.0. The predicted octanol–water partition coefficient (Wildman–Crippen LogP) is 9.01. The normalized spacial score (nSPS) is 13.3. The molecular weight excluding hydrogens is 409 g/mol. The molecule has 1 atom stereocenters. The van der Waals surface area contributed by atoms with E-state index < -0.39 is 23.1 Å². The molecule has 32 heavy (non-hydrogen) atoms. The summed E-state index contributed by atoms with van der Waals surface area (Å²) in [5, 5.41) is 11.6. The van der Waals surface area contributed by atoms with Crippen LogP contribution >= 0.6 is 0 Å². The number of unbranched alkanes of at least 4 members (excludes halogenated alkanes) is 8. The lowest BCUT2D eigenvalue weighted by atomic mass is 9.68. The van der Waals surface area contributed by atoms with E-state index in [4.69, 9.17) is 0 Å². The molecule has 1 unspecified atom stereocenters. The highest BCUT2D eigenvalue weighted by molar-refractivity contribution is 5.19. The first-order chi connectivity index (χ1) is 15.1. The molecule has 1 N–H and O–H groups in total. The van der Waals surface area contributed by atoms with Crippen LogP contribution in [0.25, 0.3) is 0 Å². The summed E-state index contributed by atoms with van der Waals surface area (Å²) in [6.07, 6.45) is 14.1. The largest absolute Gasteiger partial charge is 0.389 e. The second kappa shape index (κ2) is 15.0. The van der Waals surface area contributed by atoms with Crippen LogP contribution in [0.1, 0.15) is 117 Å². The molecule has 0 aliphatic rings. The molecule has 0 aliphatic heterocycles. The van der Waals surface area contributed by atoms with Gasteiger partial charge in [0.2, 0.25) is 0 Å². The number of aliphatic hydroxyl groups is 1. The number of rotatable bonds is 17. The molecule has 0 heterocycles. The molecule has 0 fully saturated rings. The first-order valence-electron chi connectivity index (χ1n) is 13.0. The maximum atomic E-state index is 13.4. The first-order valence-corrected chi connectivity index (χ1v) is 13.0. The molecule has 0 saturated heterocycles. The van der Waals surface area contributed by atoms with Gasteiger partial charge in [0.1, 0.15) is 0 Å². The van der Waals surface area contributed by atoms with Crippen molar-refractivity contribution in [2.24, 2.45) is 17.8 Å². The van der Waals surface area contributed by atoms with Crippen LogP contribution in [0.5, 0.6) is 0 Å². The van der Waals surface area contributed by atoms with Gasteiger partial charge in [-0.2, -0.15) is 0 Å². The standard InChI is InChI=1S/C28H47F3O/c1-6-7-8-9-10-14-17-24(28(32,21(2)3)22(4)5)18-15-12-11-13-16-23-19-25(29)27(31)26(30)20-23/h19-22,24,32H,6-18H2,1-5H3. The highest BCUT2D eigenvalue weighted by Gasteiger charge is 2.41. The van der Waals surface area contributed by atoms with Gasteiger partial charge >= 0.3 is 0 Å². The third kappa shape index (κ3) is 9.08. The molecule has 1 nitrogen and oxygen atoms in total. The van der Waals surface area contributed by atoms with Crippen LogP contribution in [0.4, 0.5) is 13.2 Å². The smallest absolute Gasteiger partial charge is 0.194 e. The molecule has 0 saturated carbocycles. The molecule has 0 aliphatic carbocycles. The van der Waals surface area contributed by atoms with E-state index in [2.05, 4.69) is 34.6 Å². The van der Waals surface area contributed by atoms with Crippen molar-refractivity contribution >= 4 is 0 Å². The van der Waals surface area contributed by atoms with Crippen LogP contribution in [-0.2, 0) is 6.42 Å². The van der Waals surface area contributed by atoms with E-state index in [1.165, 1.54) is 38.5 Å². The van der Waals surface area contributed by atoms with Crippen molar-refractivity contribution in [2.45, 2.75) is 124 Å². The van der Waals surface area contributed by atoms with Crippen LogP contribution in [-0.4, -0.2) is 10.7 Å². The molecule has 186 valence electrons. The minimum absolute atomic E-state index is 0.218. The maximum Gasteiger partial charge on any atom is 0.194 e. The van der Waals surface area contributed by atoms with E-state index in [9.17, 15) is 18.3 Å². The monoisotopic (exact) mass is 456 g/mol. The predicted molar refractivity (Wildman–Crippen MR) is 129 cm³/mol. The second-order valence-electron chi connectivity index (χ2n) is 10.3. The Balaban J connectivity index is 2.51. The Bertz CT molecular complexity index is 611. The molecule has 0 bridgehead atoms. The van der Waals surface area contributed by atoms with Gasteiger partial charge in [-0.25, -0.2) is 13.2 Å². The minimum Gasteiger partial charge on any atom is -0.389 e. The number of benzene rings is 1. The average Bonchev–Trinajstić information content (AvgIpc) is 2.74. The van der Waals surface area contributed by atoms with Crippen LogP contribution in [0.15, 0.2) is 12.1 Å². The highest BCUT2D eigenvalue weighted by Crippen LogP contribution is 2.39. The molecule has 0 aromatic heterocycles. The van der Waals surface area contributed by atoms with Crippen LogP contribution in [0, 0.1) is 35.2 Å². The fourth-order valence-electron chi connectivity index (χ4n) is 5.21. The lowest BCUT2D eigenvalue weighted by Gasteiger charge is -2.43. The van der Waals surface area contributed by atoms with Crippen molar-refractivity contribution in [3.63, 3.8) is 0 Å². The topological polar surface area (TPSA) is 20.2 Å². The molecular formula is C28H47F3O. The van der Waals surface area contributed by atoms with Gasteiger partial charge in [-0.15, -0.1) is 0 Å². The van der Waals surface area contributed by atoms with E-state index in [-0.39, 0.29) is 11.8 Å². The van der Waals surface area contributed by atoms with Gasteiger partial charge in [0, 0.05) is 0 Å². The van der Waals surface area contributed by atoms with Gasteiger partial charge in [-0.3, -0.25) is 0 Å². The van der Waals surface area contributed by atoms with Crippen molar-refractivity contribution in [3.8, 4) is 0 Å². The Morgan fingerprint density at radius 2 is 1.16 bits per heavy atom. The van der Waals surface area contributed by atoms with Gasteiger partial charge in [-0.05, 0) is 61.1 Å². The molecule has 1 rings (SSSR count). The third-order valence-electron chi connectivity index (χ3n) is 7.22. The summed E-state index contributed by atoms with van der Waals surface area (Å²) in [6, 6.07) is 2.20. The Hall–Kier alpha value is -1.03. The Labute approximate surface area is 195 Å². The zero-order chi connectivity index (χ0) is 24.1. The summed E-state index contributed by atoms with van der Waals surface area (Å²) in [4.78, 5) is 0. The second-order valence-corrected chi connectivity index (χ2v) is 10.3. The average molecular weight is 457 g/mol. The van der Waals surface area contributed by atoms with Gasteiger partial charge < -0.3 is 5.11 Å². The summed E-state index contributed by atoms with van der Waals surface area (Å²) < 4.78 is 39.8. The van der Waals surface area contributed by atoms with Crippen LogP contribution in [0.2, 0.25) is 0 Å². The molecule has 1 aromatic carbocycles. The van der Waals surface area contributed by atoms with Gasteiger partial charge in [-0.1, -0.05) is 92.4 Å². The number of hydrogen-bond acceptors (Lipinski definition) is 1. The molecule has 0 amide bonds. The van der Waals surface area contributed by atoms with Gasteiger partial charge in [0.05, 0.1) is 5.60 Å². The van der Waals surface area contributed by atoms with Gasteiger partial charge in [0.25, 0.3) is 0 Å². The fraction of sp³-hybridized carbons (Fsp3) is 0.786. The summed E-state index contributed by atoms with van der Waals surface area (Å²) >= 11 is 0. The minimum atomic E-state index is -1.40. The van der Waals surface area contributed by atoms with Crippen LogP contribution < -0.4 is 0 Å². The summed E-state index contributed by atoms with van der Waals surface area (Å²) in [5.41, 5.74) is -0.136. The van der Waals surface area contributed by atoms with E-state index >= 15 is 0 Å². The number of halogens is 3. The lowest BCUT2D eigenvalue weighted by Crippen LogP contribution is -2.47. The molecule has 4 heteroatoms.